The Morgan fingerprint density at radius 2 is 1.97 bits per heavy atom. The van der Waals surface area contributed by atoms with Gasteiger partial charge in [-0.2, -0.15) is 5.10 Å². The van der Waals surface area contributed by atoms with E-state index in [1.807, 2.05) is 17.7 Å². The minimum atomic E-state index is -0.0794. The summed E-state index contributed by atoms with van der Waals surface area (Å²) in [5.74, 6) is 0.0233. The summed E-state index contributed by atoms with van der Waals surface area (Å²) in [5.41, 5.74) is 6.77. The molecule has 1 amide bonds. The van der Waals surface area contributed by atoms with Gasteiger partial charge in [-0.05, 0) is 61.6 Å². The Labute approximate surface area is 185 Å². The first kappa shape index (κ1) is 20.4. The van der Waals surface area contributed by atoms with Gasteiger partial charge in [-0.1, -0.05) is 0 Å². The van der Waals surface area contributed by atoms with Crippen LogP contribution in [0.25, 0.3) is 27.8 Å². The van der Waals surface area contributed by atoms with E-state index in [4.69, 9.17) is 0 Å². The van der Waals surface area contributed by atoms with Gasteiger partial charge in [-0.15, -0.1) is 0 Å². The summed E-state index contributed by atoms with van der Waals surface area (Å²) in [5, 5.41) is 6.95. The molecule has 9 heteroatoms. The molecule has 4 heterocycles. The van der Waals surface area contributed by atoms with E-state index in [0.717, 1.165) is 64.9 Å². The lowest BCUT2D eigenvalue weighted by Crippen LogP contribution is -2.42. The zero-order valence-corrected chi connectivity index (χ0v) is 18.6. The molecule has 1 fully saturated rings. The summed E-state index contributed by atoms with van der Waals surface area (Å²) in [6.07, 6.45) is 5.21. The van der Waals surface area contributed by atoms with Crippen molar-refractivity contribution in [3.05, 3.63) is 52.3 Å². The number of nitrogens with zero attached hydrogens (tertiary/aromatic N) is 5. The largest absolute Gasteiger partial charge is 0.358 e. The third kappa shape index (κ3) is 3.48. The number of likely N-dealkylation sites (N-methyl/N-ethyl adjacent to an activating group) is 1. The highest BCUT2D eigenvalue weighted by Gasteiger charge is 2.25. The van der Waals surface area contributed by atoms with Crippen molar-refractivity contribution in [2.75, 3.05) is 26.7 Å². The molecule has 0 saturated carbocycles. The minimum absolute atomic E-state index is 0.0233. The fraction of sp³-hybridized carbons (Fsp3) is 0.391. The molecule has 1 aliphatic heterocycles. The monoisotopic (exact) mass is 433 g/mol. The fourth-order valence-electron chi connectivity index (χ4n) is 4.81. The lowest BCUT2D eigenvalue weighted by Gasteiger charge is -2.31. The van der Waals surface area contributed by atoms with Crippen LogP contribution < -0.4 is 11.0 Å². The Morgan fingerprint density at radius 1 is 1.19 bits per heavy atom. The molecule has 166 valence electrons. The average molecular weight is 434 g/mol. The van der Waals surface area contributed by atoms with Crippen molar-refractivity contribution < 1.29 is 4.79 Å². The lowest BCUT2D eigenvalue weighted by molar-refractivity contribution is -0.122. The summed E-state index contributed by atoms with van der Waals surface area (Å²) in [7, 11) is 1.66. The molecule has 1 aromatic carbocycles. The maximum absolute atomic E-state index is 12.9. The first-order valence-electron chi connectivity index (χ1n) is 10.9. The van der Waals surface area contributed by atoms with Crippen LogP contribution in [0.15, 0.2) is 35.5 Å². The number of piperidine rings is 1. The highest BCUT2D eigenvalue weighted by Crippen LogP contribution is 2.31. The zero-order valence-electron chi connectivity index (χ0n) is 18.6. The number of aryl methyl sites for hydroxylation is 2. The second kappa shape index (κ2) is 7.90. The van der Waals surface area contributed by atoms with Gasteiger partial charge in [0.25, 0.3) is 0 Å². The van der Waals surface area contributed by atoms with E-state index in [1.54, 1.807) is 17.9 Å². The minimum Gasteiger partial charge on any atom is -0.358 e. The van der Waals surface area contributed by atoms with Gasteiger partial charge in [-0.3, -0.25) is 14.3 Å². The summed E-state index contributed by atoms with van der Waals surface area (Å²) < 4.78 is 3.68. The number of fused-ring (bicyclic) bond motifs is 2. The van der Waals surface area contributed by atoms with Gasteiger partial charge in [0.05, 0.1) is 17.6 Å². The summed E-state index contributed by atoms with van der Waals surface area (Å²) in [6, 6.07) is 6.38. The predicted octanol–water partition coefficient (Wildman–Crippen LogP) is 2.04. The Morgan fingerprint density at radius 3 is 2.72 bits per heavy atom. The van der Waals surface area contributed by atoms with Crippen LogP contribution in [-0.4, -0.2) is 61.6 Å². The third-order valence-corrected chi connectivity index (χ3v) is 6.50. The first-order chi connectivity index (χ1) is 15.4. The van der Waals surface area contributed by atoms with Gasteiger partial charge in [-0.25, -0.2) is 14.3 Å². The average Bonchev–Trinajstić information content (AvgIpc) is 3.37. The number of rotatable bonds is 4. The van der Waals surface area contributed by atoms with Crippen LogP contribution in [0.2, 0.25) is 0 Å². The molecule has 4 aromatic rings. The van der Waals surface area contributed by atoms with Crippen LogP contribution in [0.1, 0.15) is 30.0 Å². The molecule has 1 aliphatic rings. The number of hydrogen-bond donors (Lipinski definition) is 2. The number of carbonyl (C=O) groups is 1. The summed E-state index contributed by atoms with van der Waals surface area (Å²) >= 11 is 0. The Kier molecular flexibility index (Phi) is 5.05. The van der Waals surface area contributed by atoms with Gasteiger partial charge in [0.2, 0.25) is 5.91 Å². The van der Waals surface area contributed by atoms with Crippen LogP contribution >= 0.6 is 0 Å². The molecule has 2 N–H and O–H groups in total. The molecule has 0 bridgehead atoms. The van der Waals surface area contributed by atoms with E-state index in [9.17, 15) is 9.59 Å². The van der Waals surface area contributed by atoms with Crippen LogP contribution in [-0.2, 0) is 4.79 Å². The van der Waals surface area contributed by atoms with E-state index < -0.39 is 0 Å². The number of imidazole rings is 1. The molecule has 5 rings (SSSR count). The molecule has 32 heavy (non-hydrogen) atoms. The van der Waals surface area contributed by atoms with Gasteiger partial charge in [0.15, 0.2) is 5.65 Å². The van der Waals surface area contributed by atoms with Gasteiger partial charge >= 0.3 is 5.69 Å². The van der Waals surface area contributed by atoms with Crippen LogP contribution in [0.4, 0.5) is 0 Å². The van der Waals surface area contributed by atoms with Crippen LogP contribution in [0.3, 0.4) is 0 Å². The number of benzene rings is 1. The van der Waals surface area contributed by atoms with Crippen molar-refractivity contribution in [2.45, 2.75) is 32.7 Å². The molecule has 1 saturated heterocycles. The number of hydrogen-bond acceptors (Lipinski definition) is 5. The second-order valence-electron chi connectivity index (χ2n) is 8.60. The molecule has 0 atom stereocenters. The molecule has 0 spiro atoms. The van der Waals surface area contributed by atoms with E-state index in [0.29, 0.717) is 6.54 Å². The smallest absolute Gasteiger partial charge is 0.326 e. The van der Waals surface area contributed by atoms with Crippen LogP contribution in [0, 0.1) is 13.8 Å². The molecular formula is C23H27N7O2. The third-order valence-electron chi connectivity index (χ3n) is 6.50. The van der Waals surface area contributed by atoms with E-state index in [2.05, 4.69) is 50.4 Å². The molecule has 0 aliphatic carbocycles. The molecule has 0 unspecified atom stereocenters. The number of likely N-dealkylation sites (tertiary alicyclic amines) is 1. The molecule has 9 nitrogen and oxygen atoms in total. The van der Waals surface area contributed by atoms with E-state index in [-0.39, 0.29) is 17.6 Å². The SMILES string of the molecule is CNC(=O)CN1CCC(n2c(=O)[nH]c3cc(-c4cc(C)c5ncnn5c4)c(C)cc32)CC1. The quantitative estimate of drug-likeness (QED) is 0.513. The van der Waals surface area contributed by atoms with Crippen molar-refractivity contribution in [2.24, 2.45) is 0 Å². The fourth-order valence-corrected chi connectivity index (χ4v) is 4.81. The molecule has 3 aromatic heterocycles. The van der Waals surface area contributed by atoms with Crippen molar-refractivity contribution >= 4 is 22.6 Å². The maximum atomic E-state index is 12.9. The first-order valence-corrected chi connectivity index (χ1v) is 10.9. The molecular weight excluding hydrogens is 406 g/mol. The number of H-pyrrole nitrogens is 1. The van der Waals surface area contributed by atoms with Gasteiger partial charge < -0.3 is 10.3 Å². The van der Waals surface area contributed by atoms with Crippen molar-refractivity contribution in [1.82, 2.24) is 34.4 Å². The normalized spacial score (nSPS) is 15.6. The highest BCUT2D eigenvalue weighted by atomic mass is 16.2. The Balaban J connectivity index is 1.48. The maximum Gasteiger partial charge on any atom is 0.326 e. The standard InChI is InChI=1S/C23H27N7O2/c1-14-9-20-19(10-18(14)16-8-15(2)22-25-13-26-29(22)11-16)27-23(32)30(20)17-4-6-28(7-5-17)12-21(31)24-3/h8-11,13,17H,4-7,12H2,1-3H3,(H,24,31)(H,27,32). The van der Waals surface area contributed by atoms with Crippen LogP contribution in [0.5, 0.6) is 0 Å². The predicted molar refractivity (Wildman–Crippen MR) is 123 cm³/mol. The van der Waals surface area contributed by atoms with Crippen molar-refractivity contribution in [1.29, 1.82) is 0 Å². The Bertz CT molecular complexity index is 1370. The van der Waals surface area contributed by atoms with Crippen molar-refractivity contribution in [3.8, 4) is 11.1 Å². The number of nitrogens with one attached hydrogen (secondary N) is 2. The number of aromatic nitrogens is 5. The van der Waals surface area contributed by atoms with Gasteiger partial charge in [0.1, 0.15) is 6.33 Å². The number of pyridine rings is 1. The van der Waals surface area contributed by atoms with E-state index in [1.165, 1.54) is 0 Å². The van der Waals surface area contributed by atoms with Crippen molar-refractivity contribution in [3.63, 3.8) is 0 Å². The second-order valence-corrected chi connectivity index (χ2v) is 8.60. The molecule has 0 radical (unpaired) electrons. The summed E-state index contributed by atoms with van der Waals surface area (Å²) in [4.78, 5) is 34.1. The lowest BCUT2D eigenvalue weighted by atomic mass is 9.99. The number of amides is 1. The van der Waals surface area contributed by atoms with Gasteiger partial charge in [0, 0.05) is 37.9 Å². The topological polar surface area (TPSA) is 100 Å². The Hall–Kier alpha value is -3.46. The summed E-state index contributed by atoms with van der Waals surface area (Å²) in [6.45, 7) is 6.10. The number of aromatic amines is 1. The number of carbonyl (C=O) groups excluding carboxylic acids is 1. The zero-order chi connectivity index (χ0) is 22.4. The van der Waals surface area contributed by atoms with E-state index >= 15 is 0 Å². The highest BCUT2D eigenvalue weighted by molar-refractivity contribution is 5.85.